The predicted molar refractivity (Wildman–Crippen MR) is 96.4 cm³/mol. The van der Waals surface area contributed by atoms with E-state index in [1.807, 2.05) is 0 Å². The average molecular weight is 462 g/mol. The SMILES string of the molecule is O=C(ON=C(Nc1ccc(F)c(Cl)c1)c1nonc1CCCn1cnnc1)C(F)(F)F. The molecule has 0 unspecified atom stereocenters. The van der Waals surface area contributed by atoms with Gasteiger partial charge in [0.25, 0.3) is 0 Å². The van der Waals surface area contributed by atoms with Crippen LogP contribution >= 0.6 is 11.6 Å². The molecule has 0 aliphatic carbocycles. The molecule has 0 radical (unpaired) electrons. The van der Waals surface area contributed by atoms with Gasteiger partial charge in [-0.05, 0) is 36.2 Å². The van der Waals surface area contributed by atoms with Crippen molar-refractivity contribution in [3.63, 3.8) is 0 Å². The summed E-state index contributed by atoms with van der Waals surface area (Å²) < 4.78 is 57.1. The molecule has 0 saturated heterocycles. The second-order valence-electron chi connectivity index (χ2n) is 5.93. The third-order valence-electron chi connectivity index (χ3n) is 3.71. The maximum absolute atomic E-state index is 13.4. The molecule has 0 spiro atoms. The molecule has 0 amide bonds. The van der Waals surface area contributed by atoms with Gasteiger partial charge < -0.3 is 14.7 Å². The third kappa shape index (κ3) is 5.97. The summed E-state index contributed by atoms with van der Waals surface area (Å²) in [5, 5.41) is 20.2. The summed E-state index contributed by atoms with van der Waals surface area (Å²) in [6.07, 6.45) is -1.47. The van der Waals surface area contributed by atoms with Crippen LogP contribution in [-0.2, 0) is 22.6 Å². The number of hydrogen-bond acceptors (Lipinski definition) is 8. The van der Waals surface area contributed by atoms with Crippen molar-refractivity contribution >= 4 is 29.1 Å². The zero-order chi connectivity index (χ0) is 22.4. The fraction of sp³-hybridized carbons (Fsp3) is 0.250. The van der Waals surface area contributed by atoms with Gasteiger partial charge in [-0.2, -0.15) is 13.2 Å². The van der Waals surface area contributed by atoms with E-state index in [0.29, 0.717) is 13.0 Å². The lowest BCUT2D eigenvalue weighted by Crippen LogP contribution is -2.25. The molecule has 3 rings (SSSR count). The van der Waals surface area contributed by atoms with Crippen molar-refractivity contribution in [3.8, 4) is 0 Å². The van der Waals surface area contributed by atoms with Gasteiger partial charge in [0.15, 0.2) is 5.69 Å². The van der Waals surface area contributed by atoms with E-state index in [4.69, 9.17) is 11.6 Å². The van der Waals surface area contributed by atoms with Gasteiger partial charge in [-0.3, -0.25) is 0 Å². The zero-order valence-electron chi connectivity index (χ0n) is 15.3. The lowest BCUT2D eigenvalue weighted by molar-refractivity contribution is -0.199. The number of aryl methyl sites for hydroxylation is 2. The van der Waals surface area contributed by atoms with E-state index in [0.717, 1.165) is 12.1 Å². The summed E-state index contributed by atoms with van der Waals surface area (Å²) in [6.45, 7) is 0.510. The van der Waals surface area contributed by atoms with Gasteiger partial charge in [0, 0.05) is 12.2 Å². The smallest absolute Gasteiger partial charge is 0.335 e. The highest BCUT2D eigenvalue weighted by molar-refractivity contribution is 6.31. The summed E-state index contributed by atoms with van der Waals surface area (Å²) in [6, 6.07) is 3.41. The molecule has 2 heterocycles. The van der Waals surface area contributed by atoms with Crippen LogP contribution in [0.25, 0.3) is 0 Å². The Morgan fingerprint density at radius 2 is 2.00 bits per heavy atom. The minimum absolute atomic E-state index is 0.112. The zero-order valence-corrected chi connectivity index (χ0v) is 16.1. The largest absolute Gasteiger partial charge is 0.493 e. The van der Waals surface area contributed by atoms with E-state index in [2.05, 4.69) is 40.4 Å². The second kappa shape index (κ2) is 9.51. The van der Waals surface area contributed by atoms with Crippen LogP contribution in [0.1, 0.15) is 17.8 Å². The molecule has 2 aromatic heterocycles. The highest BCUT2D eigenvalue weighted by Crippen LogP contribution is 2.21. The molecular weight excluding hydrogens is 450 g/mol. The van der Waals surface area contributed by atoms with Crippen LogP contribution in [-0.4, -0.2) is 43.1 Å². The molecule has 1 aromatic carbocycles. The molecule has 3 aromatic rings. The number of carbonyl (C=O) groups is 1. The summed E-state index contributed by atoms with van der Waals surface area (Å²) in [5.41, 5.74) is 0.237. The first-order chi connectivity index (χ1) is 14.7. The van der Waals surface area contributed by atoms with E-state index < -0.39 is 23.8 Å². The van der Waals surface area contributed by atoms with Crippen LogP contribution in [0.2, 0.25) is 5.02 Å². The molecule has 10 nitrogen and oxygen atoms in total. The van der Waals surface area contributed by atoms with Gasteiger partial charge in [-0.25, -0.2) is 13.8 Å². The van der Waals surface area contributed by atoms with Crippen molar-refractivity contribution in [2.45, 2.75) is 25.6 Å². The minimum atomic E-state index is -5.27. The molecule has 0 aliphatic heterocycles. The van der Waals surface area contributed by atoms with Crippen LogP contribution in [0.5, 0.6) is 0 Å². The number of carbonyl (C=O) groups excluding carboxylic acids is 1. The number of oxime groups is 1. The molecule has 1 N–H and O–H groups in total. The van der Waals surface area contributed by atoms with Crippen LogP contribution < -0.4 is 5.32 Å². The average Bonchev–Trinajstić information content (AvgIpc) is 3.39. The summed E-state index contributed by atoms with van der Waals surface area (Å²) in [7, 11) is 0. The van der Waals surface area contributed by atoms with Crippen LogP contribution in [0.4, 0.5) is 23.2 Å². The minimum Gasteiger partial charge on any atom is -0.335 e. The number of anilines is 1. The van der Waals surface area contributed by atoms with E-state index in [1.165, 1.54) is 18.7 Å². The number of nitrogens with one attached hydrogen (secondary N) is 1. The van der Waals surface area contributed by atoms with Crippen molar-refractivity contribution in [2.24, 2.45) is 5.16 Å². The Morgan fingerprint density at radius 1 is 1.26 bits per heavy atom. The number of nitrogens with zero attached hydrogens (tertiary/aromatic N) is 6. The molecule has 0 saturated carbocycles. The number of halogens is 5. The lowest BCUT2D eigenvalue weighted by atomic mass is 10.2. The van der Waals surface area contributed by atoms with E-state index in [-0.39, 0.29) is 28.5 Å². The van der Waals surface area contributed by atoms with Gasteiger partial charge in [0.1, 0.15) is 24.2 Å². The first-order valence-corrected chi connectivity index (χ1v) is 8.84. The Kier molecular flexibility index (Phi) is 6.79. The number of benzene rings is 1. The van der Waals surface area contributed by atoms with Gasteiger partial charge in [-0.1, -0.05) is 21.9 Å². The molecular formula is C16H12ClF4N7O3. The fourth-order valence-electron chi connectivity index (χ4n) is 2.29. The topological polar surface area (TPSA) is 120 Å². The third-order valence-corrected chi connectivity index (χ3v) is 4.00. The standard InChI is InChI=1S/C16H12ClF4N7O3/c17-10-6-9(3-4-11(10)18)24-14(27-30-15(29)16(19,20)21)13-12(25-31-26-13)2-1-5-28-7-22-23-8-28/h3-4,6-8H,1-2,5H2,(H,24,27). The first-order valence-electron chi connectivity index (χ1n) is 8.46. The molecule has 0 fully saturated rings. The summed E-state index contributed by atoms with van der Waals surface area (Å²) >= 11 is 5.71. The second-order valence-corrected chi connectivity index (χ2v) is 6.34. The van der Waals surface area contributed by atoms with Gasteiger partial charge in [-0.15, -0.1) is 10.2 Å². The van der Waals surface area contributed by atoms with Crippen LogP contribution in [0.3, 0.4) is 0 Å². The highest BCUT2D eigenvalue weighted by atomic mass is 35.5. The van der Waals surface area contributed by atoms with Crippen LogP contribution in [0, 0.1) is 5.82 Å². The Hall–Kier alpha value is -3.55. The first kappa shape index (κ1) is 22.1. The normalized spacial score (nSPS) is 12.1. The van der Waals surface area contributed by atoms with Crippen molar-refractivity contribution in [1.82, 2.24) is 25.1 Å². The number of alkyl halides is 3. The van der Waals surface area contributed by atoms with Crippen molar-refractivity contribution < 1.29 is 31.8 Å². The van der Waals surface area contributed by atoms with Gasteiger partial charge in [0.2, 0.25) is 5.84 Å². The number of hydrogen-bond donors (Lipinski definition) is 1. The maximum Gasteiger partial charge on any atom is 0.493 e. The Bertz CT molecular complexity index is 1070. The molecule has 0 aliphatic rings. The summed E-state index contributed by atoms with van der Waals surface area (Å²) in [4.78, 5) is 15.0. The van der Waals surface area contributed by atoms with E-state index in [9.17, 15) is 22.4 Å². The number of rotatable bonds is 7. The maximum atomic E-state index is 13.4. The Balaban J connectivity index is 1.82. The van der Waals surface area contributed by atoms with Crippen molar-refractivity contribution in [2.75, 3.05) is 5.32 Å². The Morgan fingerprint density at radius 3 is 2.68 bits per heavy atom. The molecule has 15 heteroatoms. The van der Waals surface area contributed by atoms with E-state index in [1.54, 1.807) is 4.57 Å². The van der Waals surface area contributed by atoms with Gasteiger partial charge >= 0.3 is 12.1 Å². The number of amidine groups is 1. The van der Waals surface area contributed by atoms with E-state index >= 15 is 0 Å². The quantitative estimate of drug-likeness (QED) is 0.187. The fourth-order valence-corrected chi connectivity index (χ4v) is 2.47. The predicted octanol–water partition coefficient (Wildman–Crippen LogP) is 2.97. The van der Waals surface area contributed by atoms with Crippen molar-refractivity contribution in [3.05, 3.63) is 53.1 Å². The molecule has 164 valence electrons. The molecule has 31 heavy (non-hydrogen) atoms. The van der Waals surface area contributed by atoms with Gasteiger partial charge in [0.05, 0.1) is 5.02 Å². The Labute approximate surface area is 175 Å². The molecule has 0 atom stereocenters. The molecule has 0 bridgehead atoms. The van der Waals surface area contributed by atoms with Crippen LogP contribution in [0.15, 0.2) is 40.6 Å². The summed E-state index contributed by atoms with van der Waals surface area (Å²) in [5.74, 6) is -3.69. The van der Waals surface area contributed by atoms with Crippen molar-refractivity contribution in [1.29, 1.82) is 0 Å². The highest BCUT2D eigenvalue weighted by Gasteiger charge is 2.42. The monoisotopic (exact) mass is 461 g/mol. The lowest BCUT2D eigenvalue weighted by Gasteiger charge is -2.09. The number of aromatic nitrogens is 5.